The van der Waals surface area contributed by atoms with Crippen LogP contribution < -0.4 is 5.43 Å². The van der Waals surface area contributed by atoms with Crippen LogP contribution in [0.2, 0.25) is 0 Å². The third-order valence-electron chi connectivity index (χ3n) is 5.88. The highest BCUT2D eigenvalue weighted by Crippen LogP contribution is 2.44. The minimum absolute atomic E-state index is 0.00405. The number of phenols is 2. The van der Waals surface area contributed by atoms with E-state index in [9.17, 15) is 33.3 Å². The molecule has 1 fully saturated rings. The van der Waals surface area contributed by atoms with Gasteiger partial charge in [0.2, 0.25) is 0 Å². The van der Waals surface area contributed by atoms with Crippen LogP contribution in [-0.4, -0.2) is 46.5 Å². The molecule has 0 spiro atoms. The molecule has 1 saturated heterocycles. The molecule has 0 amide bonds. The van der Waals surface area contributed by atoms with Crippen molar-refractivity contribution in [3.05, 3.63) is 57.7 Å². The van der Waals surface area contributed by atoms with E-state index >= 15 is 0 Å². The lowest BCUT2D eigenvalue weighted by Crippen LogP contribution is -2.32. The standard InChI is InChI=1S/C22H20F3NO5/c1-26-7-6-13(14(26)10-27)19-15(28)8-16(29)20-17(30)9-18(31-21(19)20)11-2-4-12(5-3-11)22(23,24)25/h2-5,8-9,13-14,27-29H,6-7,10H2,1H3/t13?,14-/m1/s1. The van der Waals surface area contributed by atoms with Crippen LogP contribution in [0.1, 0.15) is 23.5 Å². The van der Waals surface area contributed by atoms with Crippen molar-refractivity contribution in [1.29, 1.82) is 0 Å². The van der Waals surface area contributed by atoms with Gasteiger partial charge in [-0.15, -0.1) is 0 Å². The van der Waals surface area contributed by atoms with Gasteiger partial charge in [-0.05, 0) is 32.1 Å². The molecular formula is C22H20F3NO5. The molecule has 3 N–H and O–H groups in total. The van der Waals surface area contributed by atoms with Gasteiger partial charge in [-0.25, -0.2) is 0 Å². The second-order valence-corrected chi connectivity index (χ2v) is 7.71. The largest absolute Gasteiger partial charge is 0.507 e. The SMILES string of the molecule is CN1CCC(c2c(O)cc(O)c3c(=O)cc(-c4ccc(C(F)(F)F)cc4)oc23)[C@H]1CO. The first-order valence-electron chi connectivity index (χ1n) is 9.63. The van der Waals surface area contributed by atoms with Crippen LogP contribution in [0.15, 0.2) is 45.6 Å². The third-order valence-corrected chi connectivity index (χ3v) is 5.88. The number of likely N-dealkylation sites (N-methyl/N-ethyl adjacent to an activating group) is 1. The molecule has 2 aromatic carbocycles. The van der Waals surface area contributed by atoms with E-state index in [2.05, 4.69) is 0 Å². The number of fused-ring (bicyclic) bond motifs is 1. The summed E-state index contributed by atoms with van der Waals surface area (Å²) < 4.78 is 44.5. The Hall–Kier alpha value is -3.04. The average Bonchev–Trinajstić information content (AvgIpc) is 3.06. The summed E-state index contributed by atoms with van der Waals surface area (Å²) >= 11 is 0. The summed E-state index contributed by atoms with van der Waals surface area (Å²) in [4.78, 5) is 14.7. The molecule has 0 saturated carbocycles. The molecule has 31 heavy (non-hydrogen) atoms. The predicted octanol–water partition coefficient (Wildman–Crippen LogP) is 3.67. The van der Waals surface area contributed by atoms with Gasteiger partial charge in [0, 0.05) is 35.2 Å². The summed E-state index contributed by atoms with van der Waals surface area (Å²) in [6.07, 6.45) is -3.93. The van der Waals surface area contributed by atoms with E-state index in [1.54, 1.807) is 0 Å². The number of rotatable bonds is 3. The molecule has 0 bridgehead atoms. The molecule has 0 aliphatic carbocycles. The molecule has 3 aromatic rings. The van der Waals surface area contributed by atoms with Crippen LogP contribution in [0.3, 0.4) is 0 Å². The quantitative estimate of drug-likeness (QED) is 0.581. The minimum Gasteiger partial charge on any atom is -0.507 e. The Labute approximate surface area is 174 Å². The number of aromatic hydroxyl groups is 2. The van der Waals surface area contributed by atoms with E-state index in [1.807, 2.05) is 11.9 Å². The number of phenolic OH excluding ortho intramolecular Hbond substituents is 2. The van der Waals surface area contributed by atoms with Gasteiger partial charge in [0.15, 0.2) is 5.43 Å². The Bertz CT molecular complexity index is 1190. The maximum atomic E-state index is 12.9. The zero-order valence-corrected chi connectivity index (χ0v) is 16.5. The molecule has 1 unspecified atom stereocenters. The van der Waals surface area contributed by atoms with Crippen molar-refractivity contribution in [2.24, 2.45) is 0 Å². The van der Waals surface area contributed by atoms with Gasteiger partial charge in [0.25, 0.3) is 0 Å². The molecule has 9 heteroatoms. The normalized spacial score (nSPS) is 19.9. The summed E-state index contributed by atoms with van der Waals surface area (Å²) in [7, 11) is 1.82. The first-order chi connectivity index (χ1) is 14.6. The molecule has 4 rings (SSSR count). The lowest BCUT2D eigenvalue weighted by Gasteiger charge is -2.24. The number of likely N-dealkylation sites (tertiary alicyclic amines) is 1. The highest BCUT2D eigenvalue weighted by Gasteiger charge is 2.36. The second kappa shape index (κ2) is 7.58. The molecule has 1 aromatic heterocycles. The second-order valence-electron chi connectivity index (χ2n) is 7.71. The fraction of sp³-hybridized carbons (Fsp3) is 0.318. The van der Waals surface area contributed by atoms with Crippen molar-refractivity contribution >= 4 is 11.0 Å². The highest BCUT2D eigenvalue weighted by molar-refractivity contribution is 5.89. The topological polar surface area (TPSA) is 94.1 Å². The van der Waals surface area contributed by atoms with Gasteiger partial charge in [-0.2, -0.15) is 13.2 Å². The summed E-state index contributed by atoms with van der Waals surface area (Å²) in [6, 6.07) is 5.97. The number of alkyl halides is 3. The minimum atomic E-state index is -4.50. The Morgan fingerprint density at radius 1 is 1.13 bits per heavy atom. The predicted molar refractivity (Wildman–Crippen MR) is 107 cm³/mol. The number of halogens is 3. The lowest BCUT2D eigenvalue weighted by atomic mass is 9.89. The van der Waals surface area contributed by atoms with Crippen molar-refractivity contribution in [2.75, 3.05) is 20.2 Å². The van der Waals surface area contributed by atoms with E-state index < -0.39 is 22.9 Å². The Balaban J connectivity index is 1.92. The van der Waals surface area contributed by atoms with E-state index in [1.165, 1.54) is 12.1 Å². The molecule has 0 radical (unpaired) electrons. The zero-order valence-electron chi connectivity index (χ0n) is 16.5. The lowest BCUT2D eigenvalue weighted by molar-refractivity contribution is -0.137. The zero-order chi connectivity index (χ0) is 22.5. The van der Waals surface area contributed by atoms with Crippen molar-refractivity contribution in [1.82, 2.24) is 4.90 Å². The van der Waals surface area contributed by atoms with Gasteiger partial charge in [0.1, 0.15) is 28.2 Å². The van der Waals surface area contributed by atoms with Crippen LogP contribution in [0, 0.1) is 0 Å². The summed E-state index contributed by atoms with van der Waals surface area (Å²) in [5, 5.41) is 30.5. The maximum Gasteiger partial charge on any atom is 0.416 e. The number of aliphatic hydroxyl groups excluding tert-OH is 1. The van der Waals surface area contributed by atoms with Crippen molar-refractivity contribution in [2.45, 2.75) is 24.6 Å². The van der Waals surface area contributed by atoms with Gasteiger partial charge in [-0.3, -0.25) is 4.79 Å². The number of nitrogens with zero attached hydrogens (tertiary/aromatic N) is 1. The number of benzene rings is 2. The van der Waals surface area contributed by atoms with Crippen molar-refractivity contribution < 1.29 is 32.9 Å². The molecule has 6 nitrogen and oxygen atoms in total. The van der Waals surface area contributed by atoms with Gasteiger partial charge < -0.3 is 24.6 Å². The molecule has 1 aliphatic rings. The fourth-order valence-corrected chi connectivity index (χ4v) is 4.26. The first kappa shape index (κ1) is 21.2. The summed E-state index contributed by atoms with van der Waals surface area (Å²) in [5.41, 5.74) is -0.958. The molecule has 164 valence electrons. The van der Waals surface area contributed by atoms with Gasteiger partial charge in [-0.1, -0.05) is 12.1 Å². The molecule has 2 heterocycles. The first-order valence-corrected chi connectivity index (χ1v) is 9.63. The van der Waals surface area contributed by atoms with E-state index in [4.69, 9.17) is 4.42 Å². The third kappa shape index (κ3) is 3.64. The van der Waals surface area contributed by atoms with Gasteiger partial charge in [0.05, 0.1) is 12.2 Å². The molecule has 2 atom stereocenters. The number of hydrogen-bond donors (Lipinski definition) is 3. The van der Waals surface area contributed by atoms with E-state index in [-0.39, 0.29) is 52.2 Å². The van der Waals surface area contributed by atoms with Crippen LogP contribution in [0.4, 0.5) is 13.2 Å². The van der Waals surface area contributed by atoms with Crippen LogP contribution in [-0.2, 0) is 6.18 Å². The smallest absolute Gasteiger partial charge is 0.416 e. The van der Waals surface area contributed by atoms with E-state index in [0.717, 1.165) is 24.3 Å². The van der Waals surface area contributed by atoms with E-state index in [0.29, 0.717) is 13.0 Å². The molecule has 1 aliphatic heterocycles. The van der Waals surface area contributed by atoms with Crippen LogP contribution in [0.25, 0.3) is 22.3 Å². The monoisotopic (exact) mass is 435 g/mol. The summed E-state index contributed by atoms with van der Waals surface area (Å²) in [6.45, 7) is 0.451. The fourth-order valence-electron chi connectivity index (χ4n) is 4.26. The average molecular weight is 435 g/mol. The van der Waals surface area contributed by atoms with Crippen molar-refractivity contribution in [3.63, 3.8) is 0 Å². The molecular weight excluding hydrogens is 415 g/mol. The van der Waals surface area contributed by atoms with Crippen molar-refractivity contribution in [3.8, 4) is 22.8 Å². The van der Waals surface area contributed by atoms with Crippen LogP contribution in [0.5, 0.6) is 11.5 Å². The Morgan fingerprint density at radius 3 is 2.42 bits per heavy atom. The highest BCUT2D eigenvalue weighted by atomic mass is 19.4. The maximum absolute atomic E-state index is 12.9. The Kier molecular flexibility index (Phi) is 5.18. The Morgan fingerprint density at radius 2 is 1.81 bits per heavy atom. The van der Waals surface area contributed by atoms with Crippen LogP contribution >= 0.6 is 0 Å². The number of aliphatic hydroxyl groups is 1. The number of hydrogen-bond acceptors (Lipinski definition) is 6. The summed E-state index contributed by atoms with van der Waals surface area (Å²) in [5.74, 6) is -1.11. The van der Waals surface area contributed by atoms with Gasteiger partial charge >= 0.3 is 6.18 Å².